The SMILES string of the molecule is Cc1cccc(C)c1-n1c(C)cc(C=NNC(=O)c2cccc(Br)c2)c1C. The molecule has 5 heteroatoms. The van der Waals surface area contributed by atoms with E-state index in [-0.39, 0.29) is 5.91 Å². The molecule has 0 fully saturated rings. The van der Waals surface area contributed by atoms with Crippen LogP contribution in [-0.4, -0.2) is 16.7 Å². The topological polar surface area (TPSA) is 46.4 Å². The molecule has 2 aromatic carbocycles. The molecule has 0 radical (unpaired) electrons. The van der Waals surface area contributed by atoms with Gasteiger partial charge in [0.25, 0.3) is 5.91 Å². The molecule has 3 aromatic rings. The van der Waals surface area contributed by atoms with Crippen LogP contribution in [0, 0.1) is 27.7 Å². The van der Waals surface area contributed by atoms with Crippen LogP contribution in [0.5, 0.6) is 0 Å². The predicted octanol–water partition coefficient (Wildman–Crippen LogP) is 5.24. The van der Waals surface area contributed by atoms with E-state index in [1.165, 1.54) is 16.8 Å². The minimum atomic E-state index is -0.240. The fourth-order valence-electron chi connectivity index (χ4n) is 3.28. The van der Waals surface area contributed by atoms with E-state index in [2.05, 4.69) is 83.0 Å². The fourth-order valence-corrected chi connectivity index (χ4v) is 3.67. The summed E-state index contributed by atoms with van der Waals surface area (Å²) < 4.78 is 3.10. The molecule has 4 nitrogen and oxygen atoms in total. The Labute approximate surface area is 168 Å². The van der Waals surface area contributed by atoms with Crippen LogP contribution in [0.15, 0.2) is 58.1 Å². The number of hydrazone groups is 1. The maximum atomic E-state index is 12.2. The first kappa shape index (κ1) is 19.1. The maximum absolute atomic E-state index is 12.2. The molecule has 0 saturated heterocycles. The van der Waals surface area contributed by atoms with Crippen LogP contribution in [0.25, 0.3) is 5.69 Å². The summed E-state index contributed by atoms with van der Waals surface area (Å²) in [7, 11) is 0. The molecule has 0 aliphatic rings. The molecule has 0 unspecified atom stereocenters. The van der Waals surface area contributed by atoms with Crippen molar-refractivity contribution in [1.29, 1.82) is 0 Å². The lowest BCUT2D eigenvalue weighted by atomic mass is 10.1. The number of para-hydroxylation sites is 1. The van der Waals surface area contributed by atoms with Crippen molar-refractivity contribution in [3.05, 3.63) is 86.6 Å². The molecule has 0 atom stereocenters. The van der Waals surface area contributed by atoms with Crippen LogP contribution in [-0.2, 0) is 0 Å². The highest BCUT2D eigenvalue weighted by molar-refractivity contribution is 9.10. The number of halogens is 1. The molecule has 0 aliphatic carbocycles. The molecule has 3 rings (SSSR count). The molecule has 0 spiro atoms. The molecule has 1 amide bonds. The standard InChI is InChI=1S/C22H22BrN3O/c1-14-7-5-8-15(2)21(14)26-16(3)11-19(17(26)4)13-24-25-22(27)18-9-6-10-20(23)12-18/h5-13H,1-4H3,(H,25,27). The van der Waals surface area contributed by atoms with Gasteiger partial charge in [0.05, 0.1) is 11.9 Å². The zero-order valence-corrected chi connectivity index (χ0v) is 17.5. The Kier molecular flexibility index (Phi) is 5.61. The predicted molar refractivity (Wildman–Crippen MR) is 114 cm³/mol. The van der Waals surface area contributed by atoms with Gasteiger partial charge in [-0.3, -0.25) is 4.79 Å². The van der Waals surface area contributed by atoms with Crippen molar-refractivity contribution in [3.63, 3.8) is 0 Å². The van der Waals surface area contributed by atoms with Crippen LogP contribution < -0.4 is 5.43 Å². The highest BCUT2D eigenvalue weighted by atomic mass is 79.9. The summed E-state index contributed by atoms with van der Waals surface area (Å²) in [6.07, 6.45) is 1.70. The lowest BCUT2D eigenvalue weighted by Crippen LogP contribution is -2.17. The van der Waals surface area contributed by atoms with Gasteiger partial charge in [-0.05, 0) is 63.1 Å². The van der Waals surface area contributed by atoms with E-state index in [0.717, 1.165) is 21.4 Å². The quantitative estimate of drug-likeness (QED) is 0.452. The van der Waals surface area contributed by atoms with Crippen molar-refractivity contribution >= 4 is 28.1 Å². The molecule has 1 N–H and O–H groups in total. The number of nitrogens with zero attached hydrogens (tertiary/aromatic N) is 2. The fraction of sp³-hybridized carbons (Fsp3) is 0.182. The summed E-state index contributed by atoms with van der Waals surface area (Å²) in [6.45, 7) is 8.38. The zero-order valence-electron chi connectivity index (χ0n) is 15.9. The average molecular weight is 424 g/mol. The number of hydrogen-bond donors (Lipinski definition) is 1. The Morgan fingerprint density at radius 2 is 1.70 bits per heavy atom. The minimum Gasteiger partial charge on any atom is -0.317 e. The summed E-state index contributed by atoms with van der Waals surface area (Å²) >= 11 is 3.37. The van der Waals surface area contributed by atoms with Gasteiger partial charge in [0, 0.05) is 27.0 Å². The van der Waals surface area contributed by atoms with Crippen molar-refractivity contribution in [2.45, 2.75) is 27.7 Å². The first-order valence-corrected chi connectivity index (χ1v) is 9.52. The number of rotatable bonds is 4. The van der Waals surface area contributed by atoms with Crippen molar-refractivity contribution in [2.24, 2.45) is 5.10 Å². The highest BCUT2D eigenvalue weighted by Crippen LogP contribution is 2.25. The van der Waals surface area contributed by atoms with Crippen molar-refractivity contribution in [3.8, 4) is 5.69 Å². The van der Waals surface area contributed by atoms with Gasteiger partial charge in [-0.1, -0.05) is 40.2 Å². The van der Waals surface area contributed by atoms with Gasteiger partial charge in [-0.25, -0.2) is 5.43 Å². The summed E-state index contributed by atoms with van der Waals surface area (Å²) in [5.41, 5.74) is 10.00. The molecule has 1 heterocycles. The van der Waals surface area contributed by atoms with E-state index in [9.17, 15) is 4.79 Å². The van der Waals surface area contributed by atoms with Gasteiger partial charge < -0.3 is 4.57 Å². The molecule has 0 saturated carbocycles. The summed E-state index contributed by atoms with van der Waals surface area (Å²) in [5.74, 6) is -0.240. The molecule has 138 valence electrons. The number of aromatic nitrogens is 1. The number of hydrogen-bond acceptors (Lipinski definition) is 2. The molecular weight excluding hydrogens is 402 g/mol. The molecular formula is C22H22BrN3O. The lowest BCUT2D eigenvalue weighted by molar-refractivity contribution is 0.0955. The highest BCUT2D eigenvalue weighted by Gasteiger charge is 2.13. The molecule has 1 aromatic heterocycles. The van der Waals surface area contributed by atoms with Gasteiger partial charge in [-0.15, -0.1) is 0 Å². The monoisotopic (exact) mass is 423 g/mol. The Balaban J connectivity index is 1.85. The third kappa shape index (κ3) is 4.03. The van der Waals surface area contributed by atoms with Crippen molar-refractivity contribution in [2.75, 3.05) is 0 Å². The van der Waals surface area contributed by atoms with Crippen LogP contribution in [0.2, 0.25) is 0 Å². The van der Waals surface area contributed by atoms with Crippen LogP contribution in [0.4, 0.5) is 0 Å². The normalized spacial score (nSPS) is 11.1. The molecule has 27 heavy (non-hydrogen) atoms. The Morgan fingerprint density at radius 3 is 2.37 bits per heavy atom. The van der Waals surface area contributed by atoms with E-state index in [4.69, 9.17) is 0 Å². The second kappa shape index (κ2) is 7.92. The lowest BCUT2D eigenvalue weighted by Gasteiger charge is -2.15. The van der Waals surface area contributed by atoms with Crippen LogP contribution in [0.1, 0.15) is 38.4 Å². The largest absolute Gasteiger partial charge is 0.317 e. The van der Waals surface area contributed by atoms with Gasteiger partial charge in [0.2, 0.25) is 0 Å². The third-order valence-electron chi connectivity index (χ3n) is 4.59. The van der Waals surface area contributed by atoms with Crippen molar-refractivity contribution in [1.82, 2.24) is 9.99 Å². The average Bonchev–Trinajstić information content (AvgIpc) is 2.89. The van der Waals surface area contributed by atoms with E-state index in [0.29, 0.717) is 5.56 Å². The third-order valence-corrected chi connectivity index (χ3v) is 5.08. The van der Waals surface area contributed by atoms with E-state index in [1.54, 1.807) is 18.3 Å². The summed E-state index contributed by atoms with van der Waals surface area (Å²) in [5, 5.41) is 4.15. The van der Waals surface area contributed by atoms with Crippen LogP contribution >= 0.6 is 15.9 Å². The second-order valence-electron chi connectivity index (χ2n) is 6.61. The number of aryl methyl sites for hydroxylation is 3. The van der Waals surface area contributed by atoms with Gasteiger partial charge in [0.1, 0.15) is 0 Å². The summed E-state index contributed by atoms with van der Waals surface area (Å²) in [6, 6.07) is 15.6. The first-order valence-electron chi connectivity index (χ1n) is 8.73. The number of benzene rings is 2. The Morgan fingerprint density at radius 1 is 1.04 bits per heavy atom. The van der Waals surface area contributed by atoms with Crippen LogP contribution in [0.3, 0.4) is 0 Å². The van der Waals surface area contributed by atoms with Gasteiger partial charge >= 0.3 is 0 Å². The minimum absolute atomic E-state index is 0.240. The zero-order chi connectivity index (χ0) is 19.6. The van der Waals surface area contributed by atoms with Gasteiger partial charge in [-0.2, -0.15) is 5.10 Å². The van der Waals surface area contributed by atoms with E-state index < -0.39 is 0 Å². The van der Waals surface area contributed by atoms with E-state index in [1.807, 2.05) is 12.1 Å². The Bertz CT molecular complexity index is 1010. The van der Waals surface area contributed by atoms with E-state index >= 15 is 0 Å². The maximum Gasteiger partial charge on any atom is 0.271 e. The summed E-state index contributed by atoms with van der Waals surface area (Å²) in [4.78, 5) is 12.2. The first-order chi connectivity index (χ1) is 12.9. The van der Waals surface area contributed by atoms with Crippen molar-refractivity contribution < 1.29 is 4.79 Å². The number of amides is 1. The Hall–Kier alpha value is -2.66. The van der Waals surface area contributed by atoms with Gasteiger partial charge in [0.15, 0.2) is 0 Å². The second-order valence-corrected chi connectivity index (χ2v) is 7.53. The molecule has 0 aliphatic heterocycles. The number of nitrogens with one attached hydrogen (secondary N) is 1. The smallest absolute Gasteiger partial charge is 0.271 e. The number of carbonyl (C=O) groups excluding carboxylic acids is 1. The number of carbonyl (C=O) groups is 1. The molecule has 0 bridgehead atoms.